The third-order valence-corrected chi connectivity index (χ3v) is 10.8. The van der Waals surface area contributed by atoms with Crippen LogP contribution in [0.5, 0.6) is 0 Å². The number of benzene rings is 1. The van der Waals surface area contributed by atoms with Crippen LogP contribution in [0.25, 0.3) is 0 Å². The number of rotatable bonds is 0. The Morgan fingerprint density at radius 2 is 0.833 bits per heavy atom. The number of anilines is 1. The zero-order valence-electron chi connectivity index (χ0n) is 5.47. The molecule has 1 aromatic carbocycles. The molecule has 0 aromatic heterocycles. The number of nitrogen functional groups attached to an aromatic ring is 1. The quantitative estimate of drug-likeness (QED) is 0.184. The Morgan fingerprint density at radius 1 is 0.583 bits per heavy atom. The van der Waals surface area contributed by atoms with Crippen LogP contribution in [0, 0.1) is 17.9 Å². The molecule has 0 aliphatic rings. The van der Waals surface area contributed by atoms with Gasteiger partial charge in [0.15, 0.2) is 0 Å². The van der Waals surface area contributed by atoms with E-state index in [0.717, 1.165) is 5.69 Å². The molecule has 12 heavy (non-hydrogen) atoms. The van der Waals surface area contributed by atoms with Crippen molar-refractivity contribution in [3.05, 3.63) is 17.9 Å². The van der Waals surface area contributed by atoms with Crippen LogP contribution < -0.4 is 5.73 Å². The zero-order valence-corrected chi connectivity index (χ0v) is 16.3. The predicted octanol–water partition coefficient (Wildman–Crippen LogP) is 4.29. The van der Waals surface area contributed by atoms with Crippen LogP contribution in [0.15, 0.2) is 0 Å². The first-order chi connectivity index (χ1) is 5.46. The van der Waals surface area contributed by atoms with Gasteiger partial charge in [0.05, 0.1) is 12.8 Å². The summed E-state index contributed by atoms with van der Waals surface area (Å²) in [5.41, 5.74) is 6.83. The first kappa shape index (κ1) is 12.7. The SMILES string of the molecule is Nc1c(I)c(I)c(I)c(I)c1I. The van der Waals surface area contributed by atoms with E-state index in [1.54, 1.807) is 0 Å². The highest BCUT2D eigenvalue weighted by Gasteiger charge is 2.14. The van der Waals surface area contributed by atoms with Gasteiger partial charge in [0, 0.05) is 10.7 Å². The Balaban J connectivity index is 3.60. The van der Waals surface area contributed by atoms with Crippen molar-refractivity contribution >= 4 is 119 Å². The molecule has 6 heteroatoms. The first-order valence-electron chi connectivity index (χ1n) is 2.73. The number of halogens is 5. The van der Waals surface area contributed by atoms with E-state index in [1.165, 1.54) is 17.9 Å². The summed E-state index contributed by atoms with van der Waals surface area (Å²) < 4.78 is 6.16. The summed E-state index contributed by atoms with van der Waals surface area (Å²) in [5.74, 6) is 0. The lowest BCUT2D eigenvalue weighted by Crippen LogP contribution is -2.01. The molecule has 1 nitrogen and oxygen atoms in total. The van der Waals surface area contributed by atoms with Gasteiger partial charge < -0.3 is 5.73 Å². The average molecular weight is 723 g/mol. The molecule has 0 amide bonds. The molecule has 0 aliphatic heterocycles. The topological polar surface area (TPSA) is 26.0 Å². The number of nitrogens with two attached hydrogens (primary N) is 1. The van der Waals surface area contributed by atoms with Gasteiger partial charge in [-0.05, 0) is 113 Å². The van der Waals surface area contributed by atoms with Gasteiger partial charge in [-0.2, -0.15) is 0 Å². The normalized spacial score (nSPS) is 10.4. The highest BCUT2D eigenvalue weighted by atomic mass is 127. The molecule has 1 aromatic rings. The molecular weight excluding hydrogens is 721 g/mol. The van der Waals surface area contributed by atoms with E-state index in [9.17, 15) is 0 Å². The van der Waals surface area contributed by atoms with Crippen molar-refractivity contribution in [2.45, 2.75) is 0 Å². The molecule has 0 atom stereocenters. The van der Waals surface area contributed by atoms with Crippen molar-refractivity contribution < 1.29 is 0 Å². The minimum atomic E-state index is 0.908. The van der Waals surface area contributed by atoms with Crippen molar-refractivity contribution in [3.8, 4) is 0 Å². The van der Waals surface area contributed by atoms with Crippen molar-refractivity contribution in [2.24, 2.45) is 0 Å². The van der Waals surface area contributed by atoms with Crippen molar-refractivity contribution in [3.63, 3.8) is 0 Å². The molecule has 0 bridgehead atoms. The summed E-state index contributed by atoms with van der Waals surface area (Å²) in [4.78, 5) is 0. The maximum Gasteiger partial charge on any atom is 0.0607 e. The molecule has 0 saturated carbocycles. The van der Waals surface area contributed by atoms with Gasteiger partial charge in [-0.15, -0.1) is 0 Å². The Kier molecular flexibility index (Phi) is 5.45. The molecule has 0 spiro atoms. The smallest absolute Gasteiger partial charge is 0.0607 e. The van der Waals surface area contributed by atoms with E-state index in [1.807, 2.05) is 0 Å². The van der Waals surface area contributed by atoms with E-state index < -0.39 is 0 Å². The van der Waals surface area contributed by atoms with Gasteiger partial charge in [0.2, 0.25) is 0 Å². The summed E-state index contributed by atoms with van der Waals surface area (Å²) in [7, 11) is 0. The molecular formula is C6H2I5N. The highest BCUT2D eigenvalue weighted by Crippen LogP contribution is 2.34. The van der Waals surface area contributed by atoms with Gasteiger partial charge in [-0.1, -0.05) is 0 Å². The molecule has 0 heterocycles. The van der Waals surface area contributed by atoms with Crippen molar-refractivity contribution in [1.29, 1.82) is 0 Å². The standard InChI is InChI=1S/C6H2I5N/c7-1-2(8)4(10)6(12)5(11)3(1)9/h12H2. The minimum absolute atomic E-state index is 0.908. The second-order valence-corrected chi connectivity index (χ2v) is 7.38. The molecule has 1 rings (SSSR count). The fraction of sp³-hybridized carbons (Fsp3) is 0. The molecule has 0 aliphatic carbocycles. The second-order valence-electron chi connectivity index (χ2n) is 1.98. The summed E-state index contributed by atoms with van der Waals surface area (Å²) in [6.45, 7) is 0. The van der Waals surface area contributed by atoms with Crippen LogP contribution in [0.1, 0.15) is 0 Å². The Morgan fingerprint density at radius 3 is 1.17 bits per heavy atom. The maximum absolute atomic E-state index is 5.92. The fourth-order valence-corrected chi connectivity index (χ4v) is 5.42. The van der Waals surface area contributed by atoms with Crippen molar-refractivity contribution in [1.82, 2.24) is 0 Å². The Labute approximate surface area is 139 Å². The van der Waals surface area contributed by atoms with E-state index in [4.69, 9.17) is 5.73 Å². The highest BCUT2D eigenvalue weighted by molar-refractivity contribution is 14.1. The maximum atomic E-state index is 5.92. The average Bonchev–Trinajstić information content (AvgIpc) is 2.08. The lowest BCUT2D eigenvalue weighted by atomic mass is 10.3. The Hall–Kier alpha value is 2.67. The van der Waals surface area contributed by atoms with E-state index >= 15 is 0 Å². The molecule has 0 fully saturated rings. The molecule has 0 unspecified atom stereocenters. The van der Waals surface area contributed by atoms with Gasteiger partial charge in [-0.3, -0.25) is 0 Å². The van der Waals surface area contributed by atoms with Gasteiger partial charge in [0.25, 0.3) is 0 Å². The molecule has 0 saturated heterocycles. The predicted molar refractivity (Wildman–Crippen MR) is 94.4 cm³/mol. The van der Waals surface area contributed by atoms with E-state index in [0.29, 0.717) is 0 Å². The second kappa shape index (κ2) is 5.14. The lowest BCUT2D eigenvalue weighted by Gasteiger charge is -2.09. The van der Waals surface area contributed by atoms with Crippen molar-refractivity contribution in [2.75, 3.05) is 5.73 Å². The molecule has 2 N–H and O–H groups in total. The van der Waals surface area contributed by atoms with E-state index in [2.05, 4.69) is 113 Å². The van der Waals surface area contributed by atoms with Crippen LogP contribution >= 0.6 is 113 Å². The fourth-order valence-electron chi connectivity index (χ4n) is 0.622. The number of hydrogen-bond acceptors (Lipinski definition) is 1. The summed E-state index contributed by atoms with van der Waals surface area (Å²) >= 11 is 11.6. The van der Waals surface area contributed by atoms with Gasteiger partial charge in [-0.25, -0.2) is 0 Å². The zero-order chi connectivity index (χ0) is 9.46. The van der Waals surface area contributed by atoms with Crippen LogP contribution in [0.4, 0.5) is 5.69 Å². The van der Waals surface area contributed by atoms with Crippen LogP contribution in [-0.4, -0.2) is 0 Å². The van der Waals surface area contributed by atoms with Crippen LogP contribution in [0.3, 0.4) is 0 Å². The molecule has 0 radical (unpaired) electrons. The summed E-state index contributed by atoms with van der Waals surface area (Å²) in [5, 5.41) is 0. The largest absolute Gasteiger partial charge is 0.397 e. The summed E-state index contributed by atoms with van der Waals surface area (Å²) in [6.07, 6.45) is 0. The Bertz CT molecular complexity index is 230. The monoisotopic (exact) mass is 723 g/mol. The lowest BCUT2D eigenvalue weighted by molar-refractivity contribution is 1.44. The minimum Gasteiger partial charge on any atom is -0.397 e. The van der Waals surface area contributed by atoms with Gasteiger partial charge >= 0.3 is 0 Å². The van der Waals surface area contributed by atoms with Crippen LogP contribution in [-0.2, 0) is 0 Å². The third-order valence-electron chi connectivity index (χ3n) is 1.24. The van der Waals surface area contributed by atoms with Gasteiger partial charge in [0.1, 0.15) is 0 Å². The van der Waals surface area contributed by atoms with E-state index in [-0.39, 0.29) is 0 Å². The number of hydrogen-bond donors (Lipinski definition) is 1. The van der Waals surface area contributed by atoms with Crippen LogP contribution in [0.2, 0.25) is 0 Å². The molecule has 66 valence electrons. The third kappa shape index (κ3) is 2.43. The first-order valence-corrected chi connectivity index (χ1v) is 8.13. The summed E-state index contributed by atoms with van der Waals surface area (Å²) in [6, 6.07) is 0.